The number of amides is 1. The Morgan fingerprint density at radius 2 is 1.83 bits per heavy atom. The van der Waals surface area contributed by atoms with Crippen molar-refractivity contribution in [2.45, 2.75) is 51.9 Å². The van der Waals surface area contributed by atoms with Crippen molar-refractivity contribution in [1.29, 1.82) is 0 Å². The van der Waals surface area contributed by atoms with Crippen molar-refractivity contribution in [2.24, 2.45) is 0 Å². The van der Waals surface area contributed by atoms with E-state index in [0.29, 0.717) is 5.75 Å². The minimum absolute atomic E-state index is 0.194. The highest BCUT2D eigenvalue weighted by Gasteiger charge is 2.42. The van der Waals surface area contributed by atoms with Gasteiger partial charge in [0.2, 0.25) is 0 Å². The van der Waals surface area contributed by atoms with E-state index in [4.69, 9.17) is 9.47 Å². The molecule has 0 spiro atoms. The molecule has 0 unspecified atom stereocenters. The van der Waals surface area contributed by atoms with Gasteiger partial charge in [-0.15, -0.1) is 0 Å². The third-order valence-corrected chi connectivity index (χ3v) is 3.50. The molecule has 1 N–H and O–H groups in total. The predicted octanol–water partition coefficient (Wildman–Crippen LogP) is 2.84. The Labute approximate surface area is 136 Å². The molecule has 1 aromatic carbocycles. The number of likely N-dealkylation sites (tertiary alicyclic amines) is 1. The van der Waals surface area contributed by atoms with Crippen molar-refractivity contribution < 1.29 is 24.2 Å². The number of hydrogen-bond donors (Lipinski definition) is 1. The second-order valence-corrected chi connectivity index (χ2v) is 6.78. The number of aryl methyl sites for hydroxylation is 1. The summed E-state index contributed by atoms with van der Waals surface area (Å²) in [6.45, 7) is 7.41. The fourth-order valence-corrected chi connectivity index (χ4v) is 2.45. The number of carbonyl (C=O) groups is 2. The molecule has 1 aliphatic rings. The Morgan fingerprint density at radius 3 is 2.35 bits per heavy atom. The summed E-state index contributed by atoms with van der Waals surface area (Å²) < 4.78 is 11.1. The molecular formula is C17H23NO5. The Bertz CT molecular complexity index is 576. The van der Waals surface area contributed by atoms with Crippen LogP contribution in [0.15, 0.2) is 24.3 Å². The number of ether oxygens (including phenoxy) is 2. The van der Waals surface area contributed by atoms with Gasteiger partial charge in [0.15, 0.2) is 0 Å². The zero-order chi connectivity index (χ0) is 17.2. The Morgan fingerprint density at radius 1 is 1.22 bits per heavy atom. The molecular weight excluding hydrogens is 298 g/mol. The monoisotopic (exact) mass is 321 g/mol. The van der Waals surface area contributed by atoms with Crippen LogP contribution in [-0.4, -0.2) is 46.4 Å². The van der Waals surface area contributed by atoms with E-state index in [9.17, 15) is 14.7 Å². The molecule has 126 valence electrons. The van der Waals surface area contributed by atoms with Crippen LogP contribution in [0, 0.1) is 6.92 Å². The third kappa shape index (κ3) is 4.61. The van der Waals surface area contributed by atoms with Crippen LogP contribution in [0.4, 0.5) is 4.79 Å². The van der Waals surface area contributed by atoms with Gasteiger partial charge in [-0.1, -0.05) is 17.7 Å². The van der Waals surface area contributed by atoms with Crippen molar-refractivity contribution >= 4 is 12.1 Å². The quantitative estimate of drug-likeness (QED) is 0.926. The van der Waals surface area contributed by atoms with Crippen molar-refractivity contribution in [2.75, 3.05) is 6.54 Å². The molecule has 0 radical (unpaired) electrons. The minimum atomic E-state index is -1.05. The predicted molar refractivity (Wildman–Crippen MR) is 84.6 cm³/mol. The SMILES string of the molecule is Cc1ccc(O[C@H]2C[C@@H](C(=O)O)N(C(=O)OC(C)(C)C)C2)cc1. The second-order valence-electron chi connectivity index (χ2n) is 6.78. The number of carbonyl (C=O) groups excluding carboxylic acids is 1. The van der Waals surface area contributed by atoms with Crippen LogP contribution >= 0.6 is 0 Å². The number of benzene rings is 1. The lowest BCUT2D eigenvalue weighted by Crippen LogP contribution is -2.43. The van der Waals surface area contributed by atoms with E-state index in [1.807, 2.05) is 31.2 Å². The first-order chi connectivity index (χ1) is 10.7. The van der Waals surface area contributed by atoms with Gasteiger partial charge in [-0.25, -0.2) is 9.59 Å². The van der Waals surface area contributed by atoms with Crippen molar-refractivity contribution in [1.82, 2.24) is 4.90 Å². The van der Waals surface area contributed by atoms with E-state index in [0.717, 1.165) is 5.56 Å². The van der Waals surface area contributed by atoms with E-state index >= 15 is 0 Å². The van der Waals surface area contributed by atoms with Crippen molar-refractivity contribution in [3.05, 3.63) is 29.8 Å². The molecule has 1 heterocycles. The average Bonchev–Trinajstić information content (AvgIpc) is 2.84. The van der Waals surface area contributed by atoms with Crippen LogP contribution in [0.1, 0.15) is 32.8 Å². The maximum atomic E-state index is 12.2. The molecule has 1 aliphatic heterocycles. The highest BCUT2D eigenvalue weighted by atomic mass is 16.6. The van der Waals surface area contributed by atoms with Crippen LogP contribution in [0.25, 0.3) is 0 Å². The molecule has 1 amide bonds. The first kappa shape index (κ1) is 17.1. The van der Waals surface area contributed by atoms with Gasteiger partial charge >= 0.3 is 12.1 Å². The van der Waals surface area contributed by atoms with Gasteiger partial charge in [0, 0.05) is 6.42 Å². The van der Waals surface area contributed by atoms with Crippen LogP contribution in [0.2, 0.25) is 0 Å². The number of aliphatic carboxylic acids is 1. The summed E-state index contributed by atoms with van der Waals surface area (Å²) in [4.78, 5) is 24.9. The number of carboxylic acid groups (broad SMARTS) is 1. The van der Waals surface area contributed by atoms with Crippen LogP contribution in [-0.2, 0) is 9.53 Å². The zero-order valence-electron chi connectivity index (χ0n) is 13.9. The molecule has 23 heavy (non-hydrogen) atoms. The minimum Gasteiger partial charge on any atom is -0.488 e. The molecule has 0 aromatic heterocycles. The molecule has 0 saturated carbocycles. The first-order valence-electron chi connectivity index (χ1n) is 7.61. The van der Waals surface area contributed by atoms with Gasteiger partial charge in [0.25, 0.3) is 0 Å². The van der Waals surface area contributed by atoms with Gasteiger partial charge < -0.3 is 14.6 Å². The van der Waals surface area contributed by atoms with Gasteiger partial charge in [0.05, 0.1) is 6.54 Å². The largest absolute Gasteiger partial charge is 0.488 e. The average molecular weight is 321 g/mol. The second kappa shape index (κ2) is 6.48. The fraction of sp³-hybridized carbons (Fsp3) is 0.529. The first-order valence-corrected chi connectivity index (χ1v) is 7.61. The number of rotatable bonds is 3. The summed E-state index contributed by atoms with van der Waals surface area (Å²) >= 11 is 0. The third-order valence-electron chi connectivity index (χ3n) is 3.50. The highest BCUT2D eigenvalue weighted by molar-refractivity contribution is 5.81. The summed E-state index contributed by atoms with van der Waals surface area (Å²) in [6.07, 6.45) is -0.756. The molecule has 2 rings (SSSR count). The number of carboxylic acids is 1. The summed E-state index contributed by atoms with van der Waals surface area (Å²) in [5.74, 6) is -0.387. The molecule has 1 fully saturated rings. The highest BCUT2D eigenvalue weighted by Crippen LogP contribution is 2.25. The van der Waals surface area contributed by atoms with E-state index in [-0.39, 0.29) is 19.1 Å². The molecule has 6 heteroatoms. The Hall–Kier alpha value is -2.24. The Balaban J connectivity index is 2.06. The zero-order valence-corrected chi connectivity index (χ0v) is 13.9. The lowest BCUT2D eigenvalue weighted by Gasteiger charge is -2.26. The topological polar surface area (TPSA) is 76.1 Å². The molecule has 0 aliphatic carbocycles. The molecule has 1 aromatic rings. The van der Waals surface area contributed by atoms with Gasteiger partial charge in [-0.3, -0.25) is 4.90 Å². The van der Waals surface area contributed by atoms with Gasteiger partial charge in [0.1, 0.15) is 23.5 Å². The van der Waals surface area contributed by atoms with Gasteiger partial charge in [-0.05, 0) is 39.8 Å². The maximum Gasteiger partial charge on any atom is 0.411 e. The summed E-state index contributed by atoms with van der Waals surface area (Å²) in [5.41, 5.74) is 0.443. The molecule has 6 nitrogen and oxygen atoms in total. The lowest BCUT2D eigenvalue weighted by atomic mass is 10.2. The summed E-state index contributed by atoms with van der Waals surface area (Å²) in [5, 5.41) is 9.35. The molecule has 0 bridgehead atoms. The summed E-state index contributed by atoms with van der Waals surface area (Å²) in [7, 11) is 0. The van der Waals surface area contributed by atoms with E-state index in [1.54, 1.807) is 20.8 Å². The van der Waals surface area contributed by atoms with Crippen LogP contribution in [0.3, 0.4) is 0 Å². The fourth-order valence-electron chi connectivity index (χ4n) is 2.45. The van der Waals surface area contributed by atoms with E-state index in [1.165, 1.54) is 4.90 Å². The number of nitrogens with zero attached hydrogens (tertiary/aromatic N) is 1. The normalized spacial score (nSPS) is 21.1. The Kier molecular flexibility index (Phi) is 4.82. The van der Waals surface area contributed by atoms with Crippen LogP contribution in [0.5, 0.6) is 5.75 Å². The molecule has 2 atom stereocenters. The molecule has 1 saturated heterocycles. The van der Waals surface area contributed by atoms with Crippen molar-refractivity contribution in [3.63, 3.8) is 0 Å². The number of hydrogen-bond acceptors (Lipinski definition) is 4. The smallest absolute Gasteiger partial charge is 0.411 e. The van der Waals surface area contributed by atoms with Crippen molar-refractivity contribution in [3.8, 4) is 5.75 Å². The standard InChI is InChI=1S/C17H23NO5/c1-11-5-7-12(8-6-11)22-13-9-14(15(19)20)18(10-13)16(21)23-17(2,3)4/h5-8,13-14H,9-10H2,1-4H3,(H,19,20)/t13-,14-/m0/s1. The van der Waals surface area contributed by atoms with Gasteiger partial charge in [-0.2, -0.15) is 0 Å². The maximum absolute atomic E-state index is 12.2. The van der Waals surface area contributed by atoms with Crippen LogP contribution < -0.4 is 4.74 Å². The van der Waals surface area contributed by atoms with E-state index < -0.39 is 23.7 Å². The van der Waals surface area contributed by atoms with E-state index in [2.05, 4.69) is 0 Å². The lowest BCUT2D eigenvalue weighted by molar-refractivity contribution is -0.142. The summed E-state index contributed by atoms with van der Waals surface area (Å²) in [6, 6.07) is 6.58.